The Morgan fingerprint density at radius 3 is 2.87 bits per heavy atom. The lowest BCUT2D eigenvalue weighted by Crippen LogP contribution is -2.29. The van der Waals surface area contributed by atoms with Gasteiger partial charge in [-0.05, 0) is 19.3 Å². The van der Waals surface area contributed by atoms with Gasteiger partial charge < -0.3 is 4.57 Å². The summed E-state index contributed by atoms with van der Waals surface area (Å²) in [7, 11) is 0. The molecule has 0 radical (unpaired) electrons. The van der Waals surface area contributed by atoms with Crippen molar-refractivity contribution in [3.63, 3.8) is 0 Å². The Labute approximate surface area is 96.0 Å². The van der Waals surface area contributed by atoms with Crippen LogP contribution in [0.5, 0.6) is 0 Å². The highest BCUT2D eigenvalue weighted by Crippen LogP contribution is 2.26. The Kier molecular flexibility index (Phi) is 4.03. The van der Waals surface area contributed by atoms with Gasteiger partial charge in [0.2, 0.25) is 0 Å². The van der Waals surface area contributed by atoms with Gasteiger partial charge in [0.05, 0.1) is 6.33 Å². The predicted octanol–water partition coefficient (Wildman–Crippen LogP) is 1.98. The van der Waals surface area contributed by atoms with Crippen LogP contribution in [-0.4, -0.2) is 39.5 Å². The van der Waals surface area contributed by atoms with Crippen LogP contribution in [0.1, 0.15) is 19.3 Å². The Hall–Kier alpha value is -0.540. The summed E-state index contributed by atoms with van der Waals surface area (Å²) in [6.45, 7) is 3.26. The van der Waals surface area contributed by atoms with Gasteiger partial charge in [-0.2, -0.15) is 0 Å². The van der Waals surface area contributed by atoms with Gasteiger partial charge in [-0.15, -0.1) is 11.6 Å². The standard InChI is InChI=1S/C11H18ClN3/c12-4-8-15(11-2-3-11)7-1-6-14-9-5-13-10-14/h5,9-11H,1-4,6-8H2. The maximum atomic E-state index is 5.79. The molecule has 0 N–H and O–H groups in total. The maximum Gasteiger partial charge on any atom is 0.0945 e. The van der Waals surface area contributed by atoms with Crippen LogP contribution in [0.3, 0.4) is 0 Å². The number of imidazole rings is 1. The monoisotopic (exact) mass is 227 g/mol. The van der Waals surface area contributed by atoms with E-state index in [4.69, 9.17) is 11.6 Å². The van der Waals surface area contributed by atoms with Crippen LogP contribution in [-0.2, 0) is 6.54 Å². The van der Waals surface area contributed by atoms with Crippen molar-refractivity contribution in [3.05, 3.63) is 18.7 Å². The number of rotatable bonds is 7. The van der Waals surface area contributed by atoms with E-state index in [1.54, 1.807) is 0 Å². The normalized spacial score (nSPS) is 16.1. The Bertz CT molecular complexity index is 269. The molecule has 1 aromatic heterocycles. The number of nitrogens with zero attached hydrogens (tertiary/aromatic N) is 3. The molecule has 15 heavy (non-hydrogen) atoms. The van der Waals surface area contributed by atoms with Crippen LogP contribution >= 0.6 is 11.6 Å². The van der Waals surface area contributed by atoms with Crippen molar-refractivity contribution in [2.75, 3.05) is 19.0 Å². The molecule has 0 spiro atoms. The molecule has 0 saturated heterocycles. The third-order valence-corrected chi connectivity index (χ3v) is 3.02. The molecule has 1 aliphatic rings. The SMILES string of the molecule is ClCCN(CCCn1ccnc1)C1CC1. The van der Waals surface area contributed by atoms with Gasteiger partial charge in [-0.3, -0.25) is 4.90 Å². The largest absolute Gasteiger partial charge is 0.337 e. The minimum absolute atomic E-state index is 0.752. The highest BCUT2D eigenvalue weighted by Gasteiger charge is 2.27. The van der Waals surface area contributed by atoms with E-state index >= 15 is 0 Å². The topological polar surface area (TPSA) is 21.1 Å². The third kappa shape index (κ3) is 3.50. The lowest BCUT2D eigenvalue weighted by molar-refractivity contribution is 0.270. The molecule has 3 nitrogen and oxygen atoms in total. The number of aryl methyl sites for hydroxylation is 1. The van der Waals surface area contributed by atoms with Gasteiger partial charge >= 0.3 is 0 Å². The zero-order valence-electron chi connectivity index (χ0n) is 8.98. The summed E-state index contributed by atoms with van der Waals surface area (Å²) in [4.78, 5) is 6.55. The average molecular weight is 228 g/mol. The van der Waals surface area contributed by atoms with Crippen LogP contribution < -0.4 is 0 Å². The first kappa shape index (κ1) is 11.0. The van der Waals surface area contributed by atoms with E-state index in [-0.39, 0.29) is 0 Å². The molecule has 0 aromatic carbocycles. The van der Waals surface area contributed by atoms with Crippen molar-refractivity contribution in [1.29, 1.82) is 0 Å². The molecule has 84 valence electrons. The van der Waals surface area contributed by atoms with Gasteiger partial charge in [0.25, 0.3) is 0 Å². The number of aromatic nitrogens is 2. The van der Waals surface area contributed by atoms with Gasteiger partial charge in [0.15, 0.2) is 0 Å². The number of alkyl halides is 1. The quantitative estimate of drug-likeness (QED) is 0.665. The number of hydrogen-bond acceptors (Lipinski definition) is 2. The molecule has 1 aliphatic carbocycles. The molecule has 1 saturated carbocycles. The summed E-state index contributed by atoms with van der Waals surface area (Å²) in [5, 5.41) is 0. The van der Waals surface area contributed by atoms with Crippen LogP contribution in [0.4, 0.5) is 0 Å². The summed E-state index contributed by atoms with van der Waals surface area (Å²) >= 11 is 5.79. The first-order chi connectivity index (χ1) is 7.40. The average Bonchev–Trinajstić information content (AvgIpc) is 2.96. The highest BCUT2D eigenvalue weighted by atomic mass is 35.5. The van der Waals surface area contributed by atoms with E-state index in [0.29, 0.717) is 0 Å². The molecular formula is C11H18ClN3. The molecule has 0 atom stereocenters. The molecular weight excluding hydrogens is 210 g/mol. The second-order valence-corrected chi connectivity index (χ2v) is 4.49. The van der Waals surface area contributed by atoms with E-state index in [2.05, 4.69) is 14.5 Å². The molecule has 4 heteroatoms. The van der Waals surface area contributed by atoms with Crippen molar-refractivity contribution < 1.29 is 0 Å². The van der Waals surface area contributed by atoms with Crippen LogP contribution in [0, 0.1) is 0 Å². The zero-order chi connectivity index (χ0) is 10.5. The van der Waals surface area contributed by atoms with Gasteiger partial charge in [0.1, 0.15) is 0 Å². The van der Waals surface area contributed by atoms with Crippen LogP contribution in [0.15, 0.2) is 18.7 Å². The first-order valence-electron chi connectivity index (χ1n) is 5.66. The molecule has 0 unspecified atom stereocenters. The molecule has 1 aromatic rings. The summed E-state index contributed by atoms with van der Waals surface area (Å²) in [5.74, 6) is 0.752. The number of hydrogen-bond donors (Lipinski definition) is 0. The maximum absolute atomic E-state index is 5.79. The van der Waals surface area contributed by atoms with E-state index in [1.807, 2.05) is 18.7 Å². The lowest BCUT2D eigenvalue weighted by Gasteiger charge is -2.20. The molecule has 0 amide bonds. The summed E-state index contributed by atoms with van der Waals surface area (Å²) in [5.41, 5.74) is 0. The van der Waals surface area contributed by atoms with Gasteiger partial charge in [-0.1, -0.05) is 0 Å². The van der Waals surface area contributed by atoms with Crippen molar-refractivity contribution in [3.8, 4) is 0 Å². The van der Waals surface area contributed by atoms with Crippen molar-refractivity contribution in [1.82, 2.24) is 14.5 Å². The lowest BCUT2D eigenvalue weighted by atomic mass is 10.3. The van der Waals surface area contributed by atoms with Crippen molar-refractivity contribution in [2.45, 2.75) is 31.8 Å². The second-order valence-electron chi connectivity index (χ2n) is 4.11. The molecule has 0 bridgehead atoms. The second kappa shape index (κ2) is 5.52. The van der Waals surface area contributed by atoms with Crippen molar-refractivity contribution >= 4 is 11.6 Å². The number of halogens is 1. The van der Waals surface area contributed by atoms with Crippen LogP contribution in [0.25, 0.3) is 0 Å². The van der Waals surface area contributed by atoms with Gasteiger partial charge in [-0.25, -0.2) is 4.98 Å². The Morgan fingerprint density at radius 1 is 1.40 bits per heavy atom. The smallest absolute Gasteiger partial charge is 0.0945 e. The molecule has 1 heterocycles. The molecule has 0 aliphatic heterocycles. The summed E-state index contributed by atoms with van der Waals surface area (Å²) < 4.78 is 2.13. The van der Waals surface area contributed by atoms with E-state index < -0.39 is 0 Å². The minimum Gasteiger partial charge on any atom is -0.337 e. The summed E-state index contributed by atoms with van der Waals surface area (Å²) in [6.07, 6.45) is 9.64. The predicted molar refractivity (Wildman–Crippen MR) is 62.2 cm³/mol. The van der Waals surface area contributed by atoms with Gasteiger partial charge in [0, 0.05) is 43.9 Å². The molecule has 2 rings (SSSR count). The first-order valence-corrected chi connectivity index (χ1v) is 6.19. The van der Waals surface area contributed by atoms with E-state index in [0.717, 1.165) is 31.6 Å². The summed E-state index contributed by atoms with van der Waals surface area (Å²) in [6, 6.07) is 0.825. The zero-order valence-corrected chi connectivity index (χ0v) is 9.73. The highest BCUT2D eigenvalue weighted by molar-refractivity contribution is 6.18. The van der Waals surface area contributed by atoms with Crippen LogP contribution in [0.2, 0.25) is 0 Å². The fourth-order valence-electron chi connectivity index (χ4n) is 1.90. The van der Waals surface area contributed by atoms with E-state index in [9.17, 15) is 0 Å². The third-order valence-electron chi connectivity index (χ3n) is 2.86. The Balaban J connectivity index is 1.66. The minimum atomic E-state index is 0.752. The molecule has 1 fully saturated rings. The fraction of sp³-hybridized carbons (Fsp3) is 0.727. The van der Waals surface area contributed by atoms with E-state index in [1.165, 1.54) is 19.3 Å². The Morgan fingerprint density at radius 2 is 2.27 bits per heavy atom. The fourth-order valence-corrected chi connectivity index (χ4v) is 2.12. The van der Waals surface area contributed by atoms with Crippen molar-refractivity contribution in [2.24, 2.45) is 0 Å².